The van der Waals surface area contributed by atoms with Crippen LogP contribution in [0.25, 0.3) is 5.69 Å². The monoisotopic (exact) mass is 550 g/mol. The Bertz CT molecular complexity index is 1190. The molecule has 0 aliphatic rings. The van der Waals surface area contributed by atoms with Crippen molar-refractivity contribution in [2.24, 2.45) is 0 Å². The Kier molecular flexibility index (Phi) is 7.88. The number of nitrogens with zero attached hydrogens (tertiary/aromatic N) is 3. The maximum atomic E-state index is 12.9. The fraction of sp³-hybridized carbons (Fsp3) is 0.292. The summed E-state index contributed by atoms with van der Waals surface area (Å²) < 4.78 is 2.42. The molecule has 2 aromatic carbocycles. The number of carbonyl (C=O) groups excluding carboxylic acids is 2. The van der Waals surface area contributed by atoms with Crippen molar-refractivity contribution in [3.63, 3.8) is 0 Å². The van der Waals surface area contributed by atoms with Gasteiger partial charge in [0.1, 0.15) is 12.4 Å². The summed E-state index contributed by atoms with van der Waals surface area (Å²) in [5.41, 5.74) is 1.72. The molecule has 1 aromatic heterocycles. The van der Waals surface area contributed by atoms with Gasteiger partial charge in [-0.25, -0.2) is 4.68 Å². The van der Waals surface area contributed by atoms with Crippen LogP contribution in [-0.4, -0.2) is 39.6 Å². The lowest BCUT2D eigenvalue weighted by molar-refractivity contribution is -0.116. The number of benzene rings is 2. The zero-order valence-corrected chi connectivity index (χ0v) is 21.9. The third-order valence-corrected chi connectivity index (χ3v) is 6.20. The molecular formula is C24H25BrCl2N4O2. The van der Waals surface area contributed by atoms with Gasteiger partial charge < -0.3 is 10.2 Å². The van der Waals surface area contributed by atoms with E-state index in [1.165, 1.54) is 4.90 Å². The smallest absolute Gasteiger partial charge is 0.254 e. The topological polar surface area (TPSA) is 67.2 Å². The number of rotatable bonds is 6. The average Bonchev–Trinajstić information content (AvgIpc) is 3.17. The van der Waals surface area contributed by atoms with Crippen molar-refractivity contribution in [2.75, 3.05) is 18.4 Å². The molecule has 1 heterocycles. The molecule has 0 spiro atoms. The molecule has 1 N–H and O–H groups in total. The molecule has 0 aliphatic carbocycles. The SMILES string of the molecule is CCN(CC(=O)Nc1cc(C(C)(C)C)nn1-c1ccc(Cl)c(Cl)c1)C(=O)c1cccc(Br)c1. The minimum absolute atomic E-state index is 0.0980. The zero-order chi connectivity index (χ0) is 24.3. The lowest BCUT2D eigenvalue weighted by Gasteiger charge is -2.20. The van der Waals surface area contributed by atoms with Crippen LogP contribution < -0.4 is 5.32 Å². The lowest BCUT2D eigenvalue weighted by Crippen LogP contribution is -2.38. The molecule has 0 saturated carbocycles. The molecule has 174 valence electrons. The van der Waals surface area contributed by atoms with Gasteiger partial charge in [0.2, 0.25) is 5.91 Å². The number of carbonyl (C=O) groups is 2. The molecule has 0 atom stereocenters. The predicted molar refractivity (Wildman–Crippen MR) is 137 cm³/mol. The van der Waals surface area contributed by atoms with Gasteiger partial charge in [-0.05, 0) is 43.3 Å². The Morgan fingerprint density at radius 1 is 1.09 bits per heavy atom. The van der Waals surface area contributed by atoms with Crippen molar-refractivity contribution >= 4 is 56.8 Å². The normalized spacial score (nSPS) is 11.4. The Morgan fingerprint density at radius 2 is 1.82 bits per heavy atom. The van der Waals surface area contributed by atoms with E-state index >= 15 is 0 Å². The number of anilines is 1. The third kappa shape index (κ3) is 6.16. The van der Waals surface area contributed by atoms with Crippen LogP contribution in [0.2, 0.25) is 10.0 Å². The highest BCUT2D eigenvalue weighted by atomic mass is 79.9. The number of likely N-dealkylation sites (N-methyl/N-ethyl adjacent to an activating group) is 1. The molecule has 33 heavy (non-hydrogen) atoms. The highest BCUT2D eigenvalue weighted by Crippen LogP contribution is 2.29. The minimum atomic E-state index is -0.332. The number of aromatic nitrogens is 2. The number of amides is 2. The molecule has 6 nitrogen and oxygen atoms in total. The first-order chi connectivity index (χ1) is 15.5. The van der Waals surface area contributed by atoms with Crippen LogP contribution in [-0.2, 0) is 10.2 Å². The van der Waals surface area contributed by atoms with Crippen molar-refractivity contribution in [3.05, 3.63) is 74.3 Å². The second kappa shape index (κ2) is 10.3. The van der Waals surface area contributed by atoms with Crippen molar-refractivity contribution < 1.29 is 9.59 Å². The third-order valence-electron chi connectivity index (χ3n) is 4.97. The molecule has 2 amide bonds. The first kappa shape index (κ1) is 25.3. The maximum Gasteiger partial charge on any atom is 0.254 e. The van der Waals surface area contributed by atoms with Crippen molar-refractivity contribution in [1.29, 1.82) is 0 Å². The summed E-state index contributed by atoms with van der Waals surface area (Å²) in [4.78, 5) is 27.3. The molecule has 0 saturated heterocycles. The van der Waals surface area contributed by atoms with Gasteiger partial charge in [-0.3, -0.25) is 9.59 Å². The second-order valence-corrected chi connectivity index (χ2v) is 10.3. The van der Waals surface area contributed by atoms with E-state index in [0.717, 1.165) is 10.2 Å². The Balaban J connectivity index is 1.86. The number of hydrogen-bond acceptors (Lipinski definition) is 3. The summed E-state index contributed by atoms with van der Waals surface area (Å²) >= 11 is 15.6. The largest absolute Gasteiger partial charge is 0.330 e. The summed E-state index contributed by atoms with van der Waals surface area (Å²) in [6.45, 7) is 8.24. The summed E-state index contributed by atoms with van der Waals surface area (Å²) in [7, 11) is 0. The highest BCUT2D eigenvalue weighted by molar-refractivity contribution is 9.10. The number of nitrogens with one attached hydrogen (secondary N) is 1. The predicted octanol–water partition coefficient (Wildman–Crippen LogP) is 6.34. The van der Waals surface area contributed by atoms with Gasteiger partial charge >= 0.3 is 0 Å². The maximum absolute atomic E-state index is 12.9. The van der Waals surface area contributed by atoms with Crippen molar-refractivity contribution in [1.82, 2.24) is 14.7 Å². The van der Waals surface area contributed by atoms with Crippen LogP contribution >= 0.6 is 39.1 Å². The minimum Gasteiger partial charge on any atom is -0.330 e. The van der Waals surface area contributed by atoms with Gasteiger partial charge in [-0.2, -0.15) is 5.10 Å². The molecule has 0 aliphatic heterocycles. The van der Waals surface area contributed by atoms with E-state index in [9.17, 15) is 9.59 Å². The van der Waals surface area contributed by atoms with E-state index in [1.807, 2.05) is 39.8 Å². The van der Waals surface area contributed by atoms with Crippen LogP contribution in [0.15, 0.2) is 53.0 Å². The van der Waals surface area contributed by atoms with Crippen LogP contribution in [0.3, 0.4) is 0 Å². The quantitative estimate of drug-likeness (QED) is 0.388. The highest BCUT2D eigenvalue weighted by Gasteiger charge is 2.23. The lowest BCUT2D eigenvalue weighted by atomic mass is 9.92. The average molecular weight is 552 g/mol. The van der Waals surface area contributed by atoms with Crippen LogP contribution in [0.4, 0.5) is 5.82 Å². The van der Waals surface area contributed by atoms with Gasteiger partial charge in [0.25, 0.3) is 5.91 Å². The van der Waals surface area contributed by atoms with E-state index < -0.39 is 0 Å². The number of halogens is 3. The standard InChI is InChI=1S/C24H25BrCl2N4O2/c1-5-30(23(33)15-7-6-8-16(25)11-15)14-22(32)28-21-13-20(24(2,3)4)29-31(21)17-9-10-18(26)19(27)12-17/h6-13H,5,14H2,1-4H3,(H,28,32). The van der Waals surface area contributed by atoms with Crippen LogP contribution in [0, 0.1) is 0 Å². The van der Waals surface area contributed by atoms with Gasteiger partial charge in [0, 0.05) is 28.1 Å². The van der Waals surface area contributed by atoms with E-state index in [4.69, 9.17) is 23.2 Å². The summed E-state index contributed by atoms with van der Waals surface area (Å²) in [6.07, 6.45) is 0. The van der Waals surface area contributed by atoms with E-state index in [1.54, 1.807) is 41.1 Å². The van der Waals surface area contributed by atoms with Crippen LogP contribution in [0.1, 0.15) is 43.7 Å². The van der Waals surface area contributed by atoms with Gasteiger partial charge in [-0.15, -0.1) is 0 Å². The molecule has 9 heteroatoms. The molecule has 3 rings (SSSR count). The van der Waals surface area contributed by atoms with Gasteiger partial charge in [0.15, 0.2) is 0 Å². The van der Waals surface area contributed by atoms with Crippen molar-refractivity contribution in [2.45, 2.75) is 33.1 Å². The van der Waals surface area contributed by atoms with Crippen molar-refractivity contribution in [3.8, 4) is 5.69 Å². The molecule has 0 radical (unpaired) electrons. The van der Waals surface area contributed by atoms with E-state index in [0.29, 0.717) is 33.7 Å². The first-order valence-corrected chi connectivity index (χ1v) is 11.9. The fourth-order valence-corrected chi connectivity index (χ4v) is 3.83. The van der Waals surface area contributed by atoms with Gasteiger partial charge in [0.05, 0.1) is 21.4 Å². The van der Waals surface area contributed by atoms with Crippen LogP contribution in [0.5, 0.6) is 0 Å². The Morgan fingerprint density at radius 3 is 2.42 bits per heavy atom. The number of hydrogen-bond donors (Lipinski definition) is 1. The molecule has 0 bridgehead atoms. The van der Waals surface area contributed by atoms with E-state index in [2.05, 4.69) is 26.3 Å². The fourth-order valence-electron chi connectivity index (χ4n) is 3.14. The zero-order valence-electron chi connectivity index (χ0n) is 18.8. The summed E-state index contributed by atoms with van der Waals surface area (Å²) in [5.74, 6) is -0.0709. The summed E-state index contributed by atoms with van der Waals surface area (Å²) in [6, 6.07) is 14.1. The molecule has 0 unspecified atom stereocenters. The first-order valence-electron chi connectivity index (χ1n) is 10.4. The molecular weight excluding hydrogens is 527 g/mol. The molecule has 0 fully saturated rings. The van der Waals surface area contributed by atoms with E-state index in [-0.39, 0.29) is 23.8 Å². The second-order valence-electron chi connectivity index (χ2n) is 8.55. The summed E-state index contributed by atoms with van der Waals surface area (Å²) in [5, 5.41) is 8.40. The van der Waals surface area contributed by atoms with Gasteiger partial charge in [-0.1, -0.05) is 66.0 Å². The molecule has 3 aromatic rings. The Hall–Kier alpha value is -2.35. The Labute approximate surface area is 212 Å².